The van der Waals surface area contributed by atoms with Crippen molar-refractivity contribution in [2.45, 2.75) is 19.4 Å². The second-order valence-electron chi connectivity index (χ2n) is 5.53. The molecule has 0 amide bonds. The summed E-state index contributed by atoms with van der Waals surface area (Å²) in [5.74, 6) is 0.941. The lowest BCUT2D eigenvalue weighted by Crippen LogP contribution is -2.41. The summed E-state index contributed by atoms with van der Waals surface area (Å²) in [4.78, 5) is 2.40. The van der Waals surface area contributed by atoms with E-state index in [2.05, 4.69) is 64.8 Å². The number of halogens is 1. The predicted molar refractivity (Wildman–Crippen MR) is 86.8 cm³/mol. The van der Waals surface area contributed by atoms with Crippen LogP contribution in [-0.2, 0) is 11.3 Å². The van der Waals surface area contributed by atoms with E-state index in [1.165, 1.54) is 10.0 Å². The first-order valence-corrected chi connectivity index (χ1v) is 8.18. The van der Waals surface area contributed by atoms with Crippen molar-refractivity contribution in [3.05, 3.63) is 34.3 Å². The molecule has 1 fully saturated rings. The van der Waals surface area contributed by atoms with E-state index in [-0.39, 0.29) is 0 Å². The third-order valence-electron chi connectivity index (χ3n) is 3.89. The second-order valence-corrected chi connectivity index (χ2v) is 6.70. The van der Waals surface area contributed by atoms with Gasteiger partial charge in [0.05, 0.1) is 0 Å². The number of benzene rings is 1. The SMILES string of the molecule is CN(Cc1ccccc1Br)CC1(CS)CCOCC1. The number of ether oxygens (including phenoxy) is 1. The van der Waals surface area contributed by atoms with Gasteiger partial charge in [-0.25, -0.2) is 0 Å². The molecule has 0 atom stereocenters. The van der Waals surface area contributed by atoms with E-state index < -0.39 is 0 Å². The number of hydrogen-bond acceptors (Lipinski definition) is 3. The van der Waals surface area contributed by atoms with Gasteiger partial charge in [-0.2, -0.15) is 12.6 Å². The molecular formula is C15H22BrNOS. The average molecular weight is 344 g/mol. The lowest BCUT2D eigenvalue weighted by Gasteiger charge is -2.39. The predicted octanol–water partition coefficient (Wildman–Crippen LogP) is 3.61. The summed E-state index contributed by atoms with van der Waals surface area (Å²) in [6, 6.07) is 8.43. The maximum atomic E-state index is 5.49. The highest BCUT2D eigenvalue weighted by atomic mass is 79.9. The van der Waals surface area contributed by atoms with Gasteiger partial charge in [0, 0.05) is 30.8 Å². The minimum atomic E-state index is 0.317. The van der Waals surface area contributed by atoms with Crippen molar-refractivity contribution in [3.8, 4) is 0 Å². The van der Waals surface area contributed by atoms with Gasteiger partial charge in [-0.15, -0.1) is 0 Å². The van der Waals surface area contributed by atoms with E-state index in [4.69, 9.17) is 4.74 Å². The average Bonchev–Trinajstić information content (AvgIpc) is 2.42. The van der Waals surface area contributed by atoms with Gasteiger partial charge < -0.3 is 9.64 Å². The van der Waals surface area contributed by atoms with E-state index in [9.17, 15) is 0 Å². The largest absolute Gasteiger partial charge is 0.381 e. The fraction of sp³-hybridized carbons (Fsp3) is 0.600. The number of nitrogens with zero attached hydrogens (tertiary/aromatic N) is 1. The van der Waals surface area contributed by atoms with Crippen molar-refractivity contribution in [1.29, 1.82) is 0 Å². The smallest absolute Gasteiger partial charge is 0.0472 e. The maximum absolute atomic E-state index is 5.49. The third-order valence-corrected chi connectivity index (χ3v) is 5.34. The first-order chi connectivity index (χ1) is 9.15. The molecule has 0 N–H and O–H groups in total. The van der Waals surface area contributed by atoms with Crippen LogP contribution in [0.5, 0.6) is 0 Å². The molecule has 1 aliphatic rings. The van der Waals surface area contributed by atoms with Crippen molar-refractivity contribution in [3.63, 3.8) is 0 Å². The van der Waals surface area contributed by atoms with Crippen LogP contribution in [0.4, 0.5) is 0 Å². The molecule has 0 spiro atoms. The maximum Gasteiger partial charge on any atom is 0.0472 e. The van der Waals surface area contributed by atoms with Gasteiger partial charge in [-0.05, 0) is 42.7 Å². The summed E-state index contributed by atoms with van der Waals surface area (Å²) in [6.07, 6.45) is 2.24. The molecule has 0 radical (unpaired) electrons. The van der Waals surface area contributed by atoms with E-state index in [0.29, 0.717) is 5.41 Å². The molecule has 1 aromatic carbocycles. The Kier molecular flexibility index (Phi) is 5.75. The van der Waals surface area contributed by atoms with Crippen molar-refractivity contribution in [2.24, 2.45) is 5.41 Å². The van der Waals surface area contributed by atoms with Crippen LogP contribution >= 0.6 is 28.6 Å². The van der Waals surface area contributed by atoms with Crippen molar-refractivity contribution in [1.82, 2.24) is 4.90 Å². The lowest BCUT2D eigenvalue weighted by atomic mass is 9.81. The van der Waals surface area contributed by atoms with E-state index in [0.717, 1.165) is 44.9 Å². The molecule has 1 heterocycles. The Hall–Kier alpha value is -0.0300. The highest BCUT2D eigenvalue weighted by molar-refractivity contribution is 9.10. The second kappa shape index (κ2) is 7.11. The standard InChI is InChI=1S/C15H22BrNOS/c1-17(10-13-4-2-3-5-14(13)16)11-15(12-19)6-8-18-9-7-15/h2-5,19H,6-12H2,1H3. The van der Waals surface area contributed by atoms with Crippen LogP contribution in [0.25, 0.3) is 0 Å². The molecule has 0 bridgehead atoms. The summed E-state index contributed by atoms with van der Waals surface area (Å²) in [5.41, 5.74) is 1.66. The molecule has 4 heteroatoms. The van der Waals surface area contributed by atoms with Crippen molar-refractivity contribution < 1.29 is 4.74 Å². The quantitative estimate of drug-likeness (QED) is 0.820. The first kappa shape index (κ1) is 15.4. The van der Waals surface area contributed by atoms with Crippen molar-refractivity contribution >= 4 is 28.6 Å². The summed E-state index contributed by atoms with van der Waals surface area (Å²) >= 11 is 8.20. The Morgan fingerprint density at radius 1 is 1.32 bits per heavy atom. The van der Waals surface area contributed by atoms with Gasteiger partial charge in [0.25, 0.3) is 0 Å². The van der Waals surface area contributed by atoms with E-state index in [1.54, 1.807) is 0 Å². The molecule has 2 nitrogen and oxygen atoms in total. The van der Waals surface area contributed by atoms with E-state index in [1.807, 2.05) is 0 Å². The van der Waals surface area contributed by atoms with Crippen LogP contribution in [0.15, 0.2) is 28.7 Å². The Balaban J connectivity index is 1.96. The zero-order chi connectivity index (χ0) is 13.7. The van der Waals surface area contributed by atoms with Crippen molar-refractivity contribution in [2.75, 3.05) is 32.6 Å². The summed E-state index contributed by atoms with van der Waals surface area (Å²) in [6.45, 7) is 3.81. The van der Waals surface area contributed by atoms with Gasteiger partial charge in [0.1, 0.15) is 0 Å². The van der Waals surface area contributed by atoms with E-state index >= 15 is 0 Å². The van der Waals surface area contributed by atoms with Crippen LogP contribution < -0.4 is 0 Å². The van der Waals surface area contributed by atoms with Crippen LogP contribution in [0.3, 0.4) is 0 Å². The third kappa shape index (κ3) is 4.22. The number of hydrogen-bond donors (Lipinski definition) is 1. The molecule has 0 aliphatic carbocycles. The van der Waals surface area contributed by atoms with Gasteiger partial charge in [0.15, 0.2) is 0 Å². The topological polar surface area (TPSA) is 12.5 Å². The highest BCUT2D eigenvalue weighted by Gasteiger charge is 2.32. The zero-order valence-electron chi connectivity index (χ0n) is 11.4. The molecule has 0 unspecified atom stereocenters. The van der Waals surface area contributed by atoms with Crippen LogP contribution in [0.2, 0.25) is 0 Å². The fourth-order valence-corrected chi connectivity index (χ4v) is 3.54. The normalized spacial score (nSPS) is 18.7. The van der Waals surface area contributed by atoms with Gasteiger partial charge in [-0.3, -0.25) is 0 Å². The van der Waals surface area contributed by atoms with Crippen LogP contribution in [0, 0.1) is 5.41 Å². The number of thiol groups is 1. The first-order valence-electron chi connectivity index (χ1n) is 6.76. The lowest BCUT2D eigenvalue weighted by molar-refractivity contribution is 0.0105. The van der Waals surface area contributed by atoms with Gasteiger partial charge >= 0.3 is 0 Å². The molecule has 1 aliphatic heterocycles. The summed E-state index contributed by atoms with van der Waals surface area (Å²) in [7, 11) is 2.19. The summed E-state index contributed by atoms with van der Waals surface area (Å²) < 4.78 is 6.67. The van der Waals surface area contributed by atoms with Crippen LogP contribution in [-0.4, -0.2) is 37.5 Å². The van der Waals surface area contributed by atoms with Crippen LogP contribution in [0.1, 0.15) is 18.4 Å². The Morgan fingerprint density at radius 3 is 2.63 bits per heavy atom. The molecule has 0 aromatic heterocycles. The Morgan fingerprint density at radius 2 is 2.00 bits per heavy atom. The molecular weight excluding hydrogens is 322 g/mol. The zero-order valence-corrected chi connectivity index (χ0v) is 13.9. The Bertz CT molecular complexity index is 407. The minimum Gasteiger partial charge on any atom is -0.381 e. The Labute approximate surface area is 130 Å². The molecule has 2 rings (SSSR count). The molecule has 19 heavy (non-hydrogen) atoms. The number of rotatable bonds is 5. The monoisotopic (exact) mass is 343 g/mol. The molecule has 106 valence electrons. The van der Waals surface area contributed by atoms with Gasteiger partial charge in [0.2, 0.25) is 0 Å². The highest BCUT2D eigenvalue weighted by Crippen LogP contribution is 2.33. The minimum absolute atomic E-state index is 0.317. The fourth-order valence-electron chi connectivity index (χ4n) is 2.72. The summed E-state index contributed by atoms with van der Waals surface area (Å²) in [5, 5.41) is 0. The van der Waals surface area contributed by atoms with Gasteiger partial charge in [-0.1, -0.05) is 34.1 Å². The molecule has 1 aromatic rings. The molecule has 1 saturated heterocycles. The molecule has 0 saturated carbocycles.